The predicted molar refractivity (Wildman–Crippen MR) is 41.6 cm³/mol. The maximum atomic E-state index is 9.37. The molecule has 0 amide bonds. The van der Waals surface area contributed by atoms with Crippen LogP contribution in [0.2, 0.25) is 0 Å². The first-order chi connectivity index (χ1) is 5.50. The van der Waals surface area contributed by atoms with Crippen molar-refractivity contribution in [2.24, 2.45) is 5.73 Å². The van der Waals surface area contributed by atoms with Gasteiger partial charge in [0.1, 0.15) is 5.72 Å². The topological polar surface area (TPSA) is 86.7 Å². The lowest BCUT2D eigenvalue weighted by molar-refractivity contribution is 0.0189. The van der Waals surface area contributed by atoms with Crippen molar-refractivity contribution in [3.63, 3.8) is 0 Å². The molecule has 5 N–H and O–H groups in total. The summed E-state index contributed by atoms with van der Waals surface area (Å²) in [4.78, 5) is 0. The molecule has 0 saturated carbocycles. The normalized spacial score (nSPS) is 26.2. The number of phenols is 2. The summed E-state index contributed by atoms with van der Waals surface area (Å²) in [6.07, 6.45) is 0.316. The van der Waals surface area contributed by atoms with E-state index in [-0.39, 0.29) is 11.5 Å². The zero-order valence-electron chi connectivity index (χ0n) is 6.28. The van der Waals surface area contributed by atoms with Crippen LogP contribution in [-0.2, 0) is 12.1 Å². The van der Waals surface area contributed by atoms with Crippen molar-refractivity contribution in [3.8, 4) is 11.5 Å². The number of rotatable bonds is 0. The van der Waals surface area contributed by atoms with E-state index in [4.69, 9.17) is 15.9 Å². The van der Waals surface area contributed by atoms with E-state index in [1.54, 1.807) is 0 Å². The molecule has 0 aliphatic heterocycles. The van der Waals surface area contributed by atoms with Crippen LogP contribution in [0.5, 0.6) is 11.5 Å². The number of nitrogens with two attached hydrogens (primary N) is 1. The summed E-state index contributed by atoms with van der Waals surface area (Å²) >= 11 is 0. The molecule has 0 bridgehead atoms. The molecule has 1 unspecified atom stereocenters. The molecular weight excluding hydrogens is 158 g/mol. The minimum absolute atomic E-state index is 0.177. The largest absolute Gasteiger partial charge is 0.504 e. The molecule has 1 aromatic rings. The van der Waals surface area contributed by atoms with Gasteiger partial charge in [0.25, 0.3) is 0 Å². The molecule has 4 nitrogen and oxygen atoms in total. The maximum Gasteiger partial charge on any atom is 0.157 e. The Balaban J connectivity index is 2.56. The quantitative estimate of drug-likeness (QED) is 0.317. The zero-order valence-corrected chi connectivity index (χ0v) is 6.28. The fourth-order valence-electron chi connectivity index (χ4n) is 1.45. The Morgan fingerprint density at radius 1 is 1.25 bits per heavy atom. The van der Waals surface area contributed by atoms with Gasteiger partial charge in [-0.05, 0) is 17.7 Å². The smallest absolute Gasteiger partial charge is 0.157 e. The number of fused-ring (bicyclic) bond motifs is 1. The van der Waals surface area contributed by atoms with Gasteiger partial charge >= 0.3 is 0 Å². The Morgan fingerprint density at radius 2 is 1.83 bits per heavy atom. The lowest BCUT2D eigenvalue weighted by Crippen LogP contribution is -2.46. The van der Waals surface area contributed by atoms with Gasteiger partial charge in [-0.15, -0.1) is 0 Å². The van der Waals surface area contributed by atoms with Gasteiger partial charge < -0.3 is 15.3 Å². The summed E-state index contributed by atoms with van der Waals surface area (Å²) in [6.45, 7) is 0. The average Bonchev–Trinajstić information content (AvgIpc) is 1.96. The molecule has 1 atom stereocenters. The second kappa shape index (κ2) is 1.91. The van der Waals surface area contributed by atoms with Crippen LogP contribution < -0.4 is 5.73 Å². The second-order valence-electron chi connectivity index (χ2n) is 3.10. The molecule has 0 radical (unpaired) electrons. The van der Waals surface area contributed by atoms with E-state index in [1.807, 2.05) is 0 Å². The summed E-state index contributed by atoms with van der Waals surface area (Å²) in [7, 11) is 0. The van der Waals surface area contributed by atoms with E-state index in [9.17, 15) is 5.11 Å². The third-order valence-corrected chi connectivity index (χ3v) is 2.13. The van der Waals surface area contributed by atoms with Crippen LogP contribution in [0.3, 0.4) is 0 Å². The molecule has 0 heterocycles. The van der Waals surface area contributed by atoms with Gasteiger partial charge in [0.15, 0.2) is 11.5 Å². The van der Waals surface area contributed by atoms with E-state index in [0.717, 1.165) is 5.56 Å². The SMILES string of the molecule is NC1(O)Cc2cc(O)c(O)cc21. The Hall–Kier alpha value is -1.26. The summed E-state index contributed by atoms with van der Waals surface area (Å²) in [6, 6.07) is 2.69. The monoisotopic (exact) mass is 167 g/mol. The molecule has 1 aliphatic carbocycles. The van der Waals surface area contributed by atoms with Gasteiger partial charge in [0.05, 0.1) is 0 Å². The highest BCUT2D eigenvalue weighted by Crippen LogP contribution is 2.40. The van der Waals surface area contributed by atoms with E-state index in [0.29, 0.717) is 12.0 Å². The molecule has 2 rings (SSSR count). The number of aliphatic hydroxyl groups is 1. The Morgan fingerprint density at radius 3 is 2.42 bits per heavy atom. The molecule has 0 spiro atoms. The molecule has 1 aromatic carbocycles. The van der Waals surface area contributed by atoms with Crippen LogP contribution in [-0.4, -0.2) is 15.3 Å². The van der Waals surface area contributed by atoms with Crippen LogP contribution in [0, 0.1) is 0 Å². The first kappa shape index (κ1) is 7.39. The molecule has 0 aromatic heterocycles. The molecule has 12 heavy (non-hydrogen) atoms. The van der Waals surface area contributed by atoms with E-state index in [1.165, 1.54) is 12.1 Å². The van der Waals surface area contributed by atoms with Gasteiger partial charge in [0.2, 0.25) is 0 Å². The Kier molecular flexibility index (Phi) is 1.18. The standard InChI is InChI=1S/C8H9NO3/c9-8(12)3-4-1-6(10)7(11)2-5(4)8/h1-2,10-12H,3,9H2. The first-order valence-electron chi connectivity index (χ1n) is 3.57. The summed E-state index contributed by atoms with van der Waals surface area (Å²) in [5.74, 6) is -0.429. The number of phenolic OH excluding ortho intramolecular Hbond substituents is 2. The molecule has 0 fully saturated rings. The third-order valence-electron chi connectivity index (χ3n) is 2.13. The highest BCUT2D eigenvalue weighted by atomic mass is 16.3. The predicted octanol–water partition coefficient (Wildman–Crippen LogP) is -0.242. The van der Waals surface area contributed by atoms with Crippen molar-refractivity contribution in [2.45, 2.75) is 12.1 Å². The lowest BCUT2D eigenvalue weighted by atomic mass is 9.80. The van der Waals surface area contributed by atoms with E-state index >= 15 is 0 Å². The molecule has 1 aliphatic rings. The van der Waals surface area contributed by atoms with Crippen LogP contribution >= 0.6 is 0 Å². The van der Waals surface area contributed by atoms with Crippen LogP contribution in [0.1, 0.15) is 11.1 Å². The third kappa shape index (κ3) is 0.790. The molecule has 64 valence electrons. The Bertz CT molecular complexity index is 346. The minimum Gasteiger partial charge on any atom is -0.504 e. The van der Waals surface area contributed by atoms with E-state index < -0.39 is 5.72 Å². The number of hydrogen-bond acceptors (Lipinski definition) is 4. The zero-order chi connectivity index (χ0) is 8.93. The summed E-state index contributed by atoms with van der Waals surface area (Å²) in [5.41, 5.74) is 5.34. The van der Waals surface area contributed by atoms with Crippen molar-refractivity contribution in [1.29, 1.82) is 0 Å². The molecule has 0 saturated heterocycles. The fourth-order valence-corrected chi connectivity index (χ4v) is 1.45. The summed E-state index contributed by atoms with van der Waals surface area (Å²) < 4.78 is 0. The van der Waals surface area contributed by atoms with Crippen molar-refractivity contribution in [1.82, 2.24) is 0 Å². The van der Waals surface area contributed by atoms with Crippen molar-refractivity contribution < 1.29 is 15.3 Å². The van der Waals surface area contributed by atoms with Crippen LogP contribution in [0.15, 0.2) is 12.1 Å². The second-order valence-corrected chi connectivity index (χ2v) is 3.10. The highest BCUT2D eigenvalue weighted by Gasteiger charge is 2.38. The lowest BCUT2D eigenvalue weighted by Gasteiger charge is -2.35. The van der Waals surface area contributed by atoms with Gasteiger partial charge in [-0.3, -0.25) is 5.73 Å². The van der Waals surface area contributed by atoms with Gasteiger partial charge in [-0.25, -0.2) is 0 Å². The van der Waals surface area contributed by atoms with Crippen LogP contribution in [0.4, 0.5) is 0 Å². The van der Waals surface area contributed by atoms with Crippen molar-refractivity contribution >= 4 is 0 Å². The van der Waals surface area contributed by atoms with Crippen molar-refractivity contribution in [3.05, 3.63) is 23.3 Å². The molecular formula is C8H9NO3. The fraction of sp³-hybridized carbons (Fsp3) is 0.250. The van der Waals surface area contributed by atoms with Crippen molar-refractivity contribution in [2.75, 3.05) is 0 Å². The minimum atomic E-state index is -1.33. The molecule has 4 heteroatoms. The maximum absolute atomic E-state index is 9.37. The number of hydrogen-bond donors (Lipinski definition) is 4. The van der Waals surface area contributed by atoms with Gasteiger partial charge in [-0.1, -0.05) is 0 Å². The average molecular weight is 167 g/mol. The number of benzene rings is 1. The Labute approximate surface area is 68.9 Å². The number of aromatic hydroxyl groups is 2. The van der Waals surface area contributed by atoms with Gasteiger partial charge in [0, 0.05) is 12.0 Å². The van der Waals surface area contributed by atoms with Gasteiger partial charge in [-0.2, -0.15) is 0 Å². The summed E-state index contributed by atoms with van der Waals surface area (Å²) in [5, 5.41) is 27.5. The highest BCUT2D eigenvalue weighted by molar-refractivity contribution is 5.52. The van der Waals surface area contributed by atoms with Crippen LogP contribution in [0.25, 0.3) is 0 Å². The van der Waals surface area contributed by atoms with E-state index in [2.05, 4.69) is 0 Å². The first-order valence-corrected chi connectivity index (χ1v) is 3.57.